The molecule has 4 N–H and O–H groups in total. The number of esters is 1. The second-order valence-corrected chi connectivity index (χ2v) is 15.3. The van der Waals surface area contributed by atoms with Crippen LogP contribution in [0.1, 0.15) is 168 Å². The molecule has 3 atom stereocenters. The number of rotatable bonds is 38. The third-order valence-corrected chi connectivity index (χ3v) is 9.57. The number of aliphatic hydroxyl groups excluding tert-OH is 1. The lowest BCUT2D eigenvalue weighted by atomic mass is 10.1. The first-order chi connectivity index (χ1) is 26.1. The van der Waals surface area contributed by atoms with Crippen molar-refractivity contribution in [1.82, 2.24) is 5.32 Å². The molecular formula is C42H74NO10P. The molecule has 0 aliphatic heterocycles. The van der Waals surface area contributed by atoms with Crippen LogP contribution in [0.15, 0.2) is 48.6 Å². The quantitative estimate of drug-likeness (QED) is 0.0205. The molecular weight excluding hydrogens is 709 g/mol. The van der Waals surface area contributed by atoms with Gasteiger partial charge in [-0.15, -0.1) is 0 Å². The molecule has 11 nitrogen and oxygen atoms in total. The van der Waals surface area contributed by atoms with Crippen LogP contribution in [0.2, 0.25) is 0 Å². The molecule has 0 radical (unpaired) electrons. The Balaban J connectivity index is 3.93. The molecule has 0 aromatic carbocycles. The molecule has 3 unspecified atom stereocenters. The van der Waals surface area contributed by atoms with E-state index in [4.69, 9.17) is 13.8 Å². The summed E-state index contributed by atoms with van der Waals surface area (Å²) in [6, 6.07) is -1.55. The van der Waals surface area contributed by atoms with Crippen molar-refractivity contribution in [3.8, 4) is 0 Å². The van der Waals surface area contributed by atoms with E-state index in [1.807, 2.05) is 0 Å². The molecule has 54 heavy (non-hydrogen) atoms. The van der Waals surface area contributed by atoms with Crippen molar-refractivity contribution in [1.29, 1.82) is 0 Å². The minimum Gasteiger partial charge on any atom is -0.480 e. The minimum absolute atomic E-state index is 0.132. The van der Waals surface area contributed by atoms with Gasteiger partial charge in [-0.25, -0.2) is 9.36 Å². The number of carbonyl (C=O) groups is 3. The van der Waals surface area contributed by atoms with Crippen molar-refractivity contribution in [3.05, 3.63) is 48.6 Å². The lowest BCUT2D eigenvalue weighted by Gasteiger charge is -2.18. The maximum Gasteiger partial charge on any atom is 0.472 e. The summed E-state index contributed by atoms with van der Waals surface area (Å²) in [5.41, 5.74) is 0. The predicted molar refractivity (Wildman–Crippen MR) is 217 cm³/mol. The molecule has 0 saturated heterocycles. The van der Waals surface area contributed by atoms with Gasteiger partial charge in [0, 0.05) is 12.8 Å². The molecule has 0 saturated carbocycles. The molecule has 0 heterocycles. The van der Waals surface area contributed by atoms with Crippen molar-refractivity contribution in [2.45, 2.75) is 180 Å². The van der Waals surface area contributed by atoms with E-state index < -0.39 is 57.6 Å². The number of hydrogen-bond donors (Lipinski definition) is 4. The Bertz CT molecular complexity index is 1110. The van der Waals surface area contributed by atoms with Crippen molar-refractivity contribution in [2.24, 2.45) is 0 Å². The molecule has 0 aromatic rings. The van der Waals surface area contributed by atoms with Gasteiger partial charge in [0.05, 0.1) is 13.2 Å². The Morgan fingerprint density at radius 1 is 0.593 bits per heavy atom. The maximum atomic E-state index is 12.3. The lowest BCUT2D eigenvalue weighted by molar-refractivity contribution is -0.147. The lowest BCUT2D eigenvalue weighted by Crippen LogP contribution is -2.43. The normalized spacial score (nSPS) is 14.3. The Morgan fingerprint density at radius 2 is 1.02 bits per heavy atom. The fourth-order valence-corrected chi connectivity index (χ4v) is 6.13. The van der Waals surface area contributed by atoms with Crippen LogP contribution in [0.4, 0.5) is 0 Å². The molecule has 0 fully saturated rings. The number of ether oxygens (including phenoxy) is 1. The summed E-state index contributed by atoms with van der Waals surface area (Å²) in [6.45, 7) is 2.48. The Kier molecular flexibility index (Phi) is 35.6. The Labute approximate surface area is 326 Å². The van der Waals surface area contributed by atoms with Crippen molar-refractivity contribution in [2.75, 3.05) is 19.8 Å². The number of carbonyl (C=O) groups excluding carboxylic acids is 2. The van der Waals surface area contributed by atoms with Crippen LogP contribution in [-0.4, -0.2) is 64.9 Å². The number of carboxylic acid groups (broad SMARTS) is 1. The molecule has 0 rings (SSSR count). The smallest absolute Gasteiger partial charge is 0.472 e. The van der Waals surface area contributed by atoms with Crippen LogP contribution < -0.4 is 5.32 Å². The fraction of sp³-hybridized carbons (Fsp3) is 0.738. The average molecular weight is 784 g/mol. The fourth-order valence-electron chi connectivity index (χ4n) is 5.36. The van der Waals surface area contributed by atoms with Gasteiger partial charge in [-0.1, -0.05) is 146 Å². The minimum atomic E-state index is -4.75. The third kappa shape index (κ3) is 36.4. The molecule has 0 aromatic heterocycles. The molecule has 312 valence electrons. The second kappa shape index (κ2) is 37.4. The number of aliphatic hydroxyl groups is 1. The first-order valence-electron chi connectivity index (χ1n) is 20.7. The number of allylic oxidation sites excluding steroid dienone is 8. The zero-order valence-corrected chi connectivity index (χ0v) is 34.4. The standard InChI is InChI=1S/C42H74NO10P/c1-3-5-7-9-11-12-13-14-15-16-17-18-19-20-21-22-23-24-25-26-28-29-31-33-40(45)43-39(42(47)48)37-53-54(49,50)52-36-38(44)35-51-41(46)34-32-30-27-10-8-6-4-2/h11-12,14-15,17-18,20-21,38-39,44H,3-10,13,16,19,22-37H2,1-2H3,(H,43,45)(H,47,48)(H,49,50)/b12-11-,15-14-,18-17-,21-20-. The van der Waals surface area contributed by atoms with Crippen molar-refractivity contribution >= 4 is 25.7 Å². The van der Waals surface area contributed by atoms with Gasteiger partial charge in [0.2, 0.25) is 5.91 Å². The number of amides is 1. The SMILES string of the molecule is CCCCC/C=C\C/C=C\C/C=C\C/C=C\CCCCCCCCCC(=O)NC(COP(=O)(O)OCC(O)COC(=O)CCCCCCCCC)C(=O)O. The largest absolute Gasteiger partial charge is 0.480 e. The van der Waals surface area contributed by atoms with E-state index in [0.29, 0.717) is 12.8 Å². The van der Waals surface area contributed by atoms with Crippen LogP contribution in [0, 0.1) is 0 Å². The summed E-state index contributed by atoms with van der Waals surface area (Å²) in [5, 5.41) is 21.7. The summed E-state index contributed by atoms with van der Waals surface area (Å²) < 4.78 is 26.6. The molecule has 1 amide bonds. The highest BCUT2D eigenvalue weighted by Gasteiger charge is 2.28. The summed E-state index contributed by atoms with van der Waals surface area (Å²) in [5.74, 6) is -2.40. The number of hydrogen-bond acceptors (Lipinski definition) is 8. The van der Waals surface area contributed by atoms with E-state index in [0.717, 1.165) is 83.5 Å². The summed E-state index contributed by atoms with van der Waals surface area (Å²) in [7, 11) is -4.75. The zero-order chi connectivity index (χ0) is 40.0. The van der Waals surface area contributed by atoms with Gasteiger partial charge in [-0.3, -0.25) is 18.6 Å². The van der Waals surface area contributed by atoms with E-state index in [2.05, 4.69) is 67.8 Å². The highest BCUT2D eigenvalue weighted by atomic mass is 31.2. The number of phosphoric acid groups is 1. The average Bonchev–Trinajstić information content (AvgIpc) is 3.14. The first-order valence-corrected chi connectivity index (χ1v) is 22.2. The van der Waals surface area contributed by atoms with Crippen LogP contribution in [-0.2, 0) is 32.7 Å². The first kappa shape index (κ1) is 51.4. The van der Waals surface area contributed by atoms with E-state index in [1.165, 1.54) is 44.9 Å². The summed E-state index contributed by atoms with van der Waals surface area (Å²) in [4.78, 5) is 45.6. The highest BCUT2D eigenvalue weighted by Crippen LogP contribution is 2.43. The number of carboxylic acids is 1. The topological polar surface area (TPSA) is 169 Å². The van der Waals surface area contributed by atoms with Crippen LogP contribution in [0.3, 0.4) is 0 Å². The van der Waals surface area contributed by atoms with Crippen LogP contribution >= 0.6 is 7.82 Å². The van der Waals surface area contributed by atoms with Gasteiger partial charge in [0.25, 0.3) is 0 Å². The van der Waals surface area contributed by atoms with Crippen LogP contribution in [0.5, 0.6) is 0 Å². The molecule has 0 aliphatic rings. The van der Waals surface area contributed by atoms with Crippen LogP contribution in [0.25, 0.3) is 0 Å². The zero-order valence-electron chi connectivity index (χ0n) is 33.5. The van der Waals surface area contributed by atoms with Gasteiger partial charge >= 0.3 is 19.8 Å². The van der Waals surface area contributed by atoms with Crippen molar-refractivity contribution in [3.63, 3.8) is 0 Å². The highest BCUT2D eigenvalue weighted by molar-refractivity contribution is 7.47. The Morgan fingerprint density at radius 3 is 1.56 bits per heavy atom. The van der Waals surface area contributed by atoms with Gasteiger partial charge in [-0.05, 0) is 57.8 Å². The van der Waals surface area contributed by atoms with E-state index in [1.54, 1.807) is 0 Å². The molecule has 0 bridgehead atoms. The monoisotopic (exact) mass is 784 g/mol. The van der Waals surface area contributed by atoms with Crippen molar-refractivity contribution < 1.29 is 47.8 Å². The molecule has 0 spiro atoms. The van der Waals surface area contributed by atoms with Gasteiger partial charge in [0.15, 0.2) is 6.04 Å². The van der Waals surface area contributed by atoms with Gasteiger partial charge in [-0.2, -0.15) is 0 Å². The third-order valence-electron chi connectivity index (χ3n) is 8.62. The van der Waals surface area contributed by atoms with Gasteiger partial charge in [0.1, 0.15) is 12.7 Å². The molecule has 12 heteroatoms. The second-order valence-electron chi connectivity index (χ2n) is 13.8. The maximum absolute atomic E-state index is 12.3. The summed E-state index contributed by atoms with van der Waals surface area (Å²) in [6.07, 6.45) is 40.2. The number of unbranched alkanes of at least 4 members (excludes halogenated alkanes) is 16. The number of phosphoric ester groups is 1. The number of nitrogens with one attached hydrogen (secondary N) is 1. The summed E-state index contributed by atoms with van der Waals surface area (Å²) >= 11 is 0. The van der Waals surface area contributed by atoms with E-state index in [-0.39, 0.29) is 12.8 Å². The Hall–Kier alpha value is -2.56. The van der Waals surface area contributed by atoms with E-state index in [9.17, 15) is 34.1 Å². The van der Waals surface area contributed by atoms with Gasteiger partial charge < -0.3 is 25.2 Å². The predicted octanol–water partition coefficient (Wildman–Crippen LogP) is 10.2. The molecule has 0 aliphatic carbocycles. The number of aliphatic carboxylic acids is 1. The van der Waals surface area contributed by atoms with E-state index >= 15 is 0 Å².